The minimum atomic E-state index is -3.58. The molecule has 0 saturated carbocycles. The first-order chi connectivity index (χ1) is 12.1. The molecule has 0 aromatic heterocycles. The number of hydrogen-bond acceptors (Lipinski definition) is 3. The van der Waals surface area contributed by atoms with E-state index in [0.717, 1.165) is 9.87 Å². The lowest BCUT2D eigenvalue weighted by Gasteiger charge is -2.16. The van der Waals surface area contributed by atoms with Crippen LogP contribution in [0.5, 0.6) is 0 Å². The first-order valence-corrected chi connectivity index (χ1v) is 9.86. The molecule has 1 atom stereocenters. The number of halogens is 2. The number of sulfonamides is 1. The number of nitrogens with zero attached hydrogens (tertiary/aromatic N) is 1. The van der Waals surface area contributed by atoms with Crippen molar-refractivity contribution >= 4 is 44.9 Å². The Hall–Kier alpha value is -1.80. The zero-order chi connectivity index (χ0) is 19.5. The number of anilines is 1. The highest BCUT2D eigenvalue weighted by Gasteiger charge is 2.18. The van der Waals surface area contributed by atoms with Crippen molar-refractivity contribution in [3.8, 4) is 0 Å². The zero-order valence-electron chi connectivity index (χ0n) is 14.5. The number of carbonyl (C=O) groups is 1. The van der Waals surface area contributed by atoms with Gasteiger partial charge < -0.3 is 10.6 Å². The summed E-state index contributed by atoms with van der Waals surface area (Å²) < 4.78 is 25.4. The number of rotatable bonds is 5. The average molecular weight is 416 g/mol. The summed E-state index contributed by atoms with van der Waals surface area (Å²) in [6.45, 7) is 1.80. The Morgan fingerprint density at radius 1 is 1.08 bits per heavy atom. The Morgan fingerprint density at radius 3 is 2.38 bits per heavy atom. The number of hydrogen-bond donors (Lipinski definition) is 2. The highest BCUT2D eigenvalue weighted by Crippen LogP contribution is 2.25. The van der Waals surface area contributed by atoms with E-state index < -0.39 is 16.1 Å². The predicted molar refractivity (Wildman–Crippen MR) is 104 cm³/mol. The first-order valence-electron chi connectivity index (χ1n) is 7.66. The van der Waals surface area contributed by atoms with E-state index in [2.05, 4.69) is 10.6 Å². The minimum absolute atomic E-state index is 0.0952. The van der Waals surface area contributed by atoms with Gasteiger partial charge in [0.25, 0.3) is 0 Å². The van der Waals surface area contributed by atoms with Gasteiger partial charge in [-0.2, -0.15) is 0 Å². The van der Waals surface area contributed by atoms with E-state index in [-0.39, 0.29) is 10.9 Å². The normalized spacial score (nSPS) is 12.7. The second-order valence-corrected chi connectivity index (χ2v) is 8.78. The monoisotopic (exact) mass is 415 g/mol. The molecule has 0 unspecified atom stereocenters. The molecule has 2 amide bonds. The second kappa shape index (κ2) is 8.26. The number of urea groups is 1. The maximum atomic E-state index is 12.2. The van der Waals surface area contributed by atoms with Gasteiger partial charge in [0, 0.05) is 19.8 Å². The van der Waals surface area contributed by atoms with Crippen LogP contribution in [0.3, 0.4) is 0 Å². The van der Waals surface area contributed by atoms with Crippen LogP contribution >= 0.6 is 23.2 Å². The Morgan fingerprint density at radius 2 is 1.77 bits per heavy atom. The van der Waals surface area contributed by atoms with E-state index in [1.165, 1.54) is 26.2 Å². The summed E-state index contributed by atoms with van der Waals surface area (Å²) >= 11 is 11.9. The maximum Gasteiger partial charge on any atom is 0.319 e. The Labute approximate surface area is 163 Å². The molecule has 0 spiro atoms. The molecule has 140 valence electrons. The molecule has 0 radical (unpaired) electrons. The van der Waals surface area contributed by atoms with Crippen molar-refractivity contribution in [3.63, 3.8) is 0 Å². The number of amides is 2. The van der Waals surface area contributed by atoms with Crippen LogP contribution in [0.4, 0.5) is 10.5 Å². The Balaban J connectivity index is 2.09. The van der Waals surface area contributed by atoms with E-state index in [0.29, 0.717) is 15.7 Å². The van der Waals surface area contributed by atoms with Gasteiger partial charge in [-0.1, -0.05) is 35.3 Å². The van der Waals surface area contributed by atoms with Crippen molar-refractivity contribution in [1.29, 1.82) is 0 Å². The molecule has 9 heteroatoms. The molecule has 0 aliphatic rings. The largest absolute Gasteiger partial charge is 0.331 e. The smallest absolute Gasteiger partial charge is 0.319 e. The van der Waals surface area contributed by atoms with E-state index in [4.69, 9.17) is 23.2 Å². The van der Waals surface area contributed by atoms with Crippen molar-refractivity contribution in [3.05, 3.63) is 58.1 Å². The van der Waals surface area contributed by atoms with Crippen LogP contribution in [0.25, 0.3) is 0 Å². The average Bonchev–Trinajstić information content (AvgIpc) is 2.57. The summed E-state index contributed by atoms with van der Waals surface area (Å²) in [5, 5.41) is 6.23. The third kappa shape index (κ3) is 4.88. The molecule has 26 heavy (non-hydrogen) atoms. The fraction of sp³-hybridized carbons (Fsp3) is 0.235. The third-order valence-electron chi connectivity index (χ3n) is 3.66. The highest BCUT2D eigenvalue weighted by atomic mass is 35.5. The zero-order valence-corrected chi connectivity index (χ0v) is 16.8. The molecule has 2 rings (SSSR count). The number of nitrogens with one attached hydrogen (secondary N) is 2. The summed E-state index contributed by atoms with van der Waals surface area (Å²) in [6, 6.07) is 10.4. The van der Waals surface area contributed by atoms with Gasteiger partial charge in [0.1, 0.15) is 0 Å². The molecule has 0 aliphatic heterocycles. The van der Waals surface area contributed by atoms with Crippen LogP contribution in [-0.2, 0) is 10.0 Å². The molecule has 0 saturated heterocycles. The second-order valence-electron chi connectivity index (χ2n) is 5.81. The molecule has 2 N–H and O–H groups in total. The lowest BCUT2D eigenvalue weighted by Crippen LogP contribution is -2.31. The van der Waals surface area contributed by atoms with Gasteiger partial charge in [-0.25, -0.2) is 17.5 Å². The van der Waals surface area contributed by atoms with Gasteiger partial charge in [0.2, 0.25) is 10.0 Å². The van der Waals surface area contributed by atoms with Gasteiger partial charge in [0.05, 0.1) is 21.0 Å². The van der Waals surface area contributed by atoms with E-state index in [9.17, 15) is 13.2 Å². The Kier molecular flexibility index (Phi) is 6.52. The summed E-state index contributed by atoms with van der Waals surface area (Å²) in [7, 11) is -0.685. The molecule has 2 aromatic carbocycles. The maximum absolute atomic E-state index is 12.2. The quantitative estimate of drug-likeness (QED) is 0.770. The van der Waals surface area contributed by atoms with Crippen molar-refractivity contribution in [1.82, 2.24) is 9.62 Å². The predicted octanol–water partition coefficient (Wildman–Crippen LogP) is 4.13. The van der Waals surface area contributed by atoms with Crippen LogP contribution in [0.1, 0.15) is 18.5 Å². The lowest BCUT2D eigenvalue weighted by molar-refractivity contribution is 0.249. The van der Waals surface area contributed by atoms with Gasteiger partial charge in [0.15, 0.2) is 0 Å². The van der Waals surface area contributed by atoms with E-state index in [1.807, 2.05) is 0 Å². The topological polar surface area (TPSA) is 78.5 Å². The fourth-order valence-electron chi connectivity index (χ4n) is 2.17. The van der Waals surface area contributed by atoms with Crippen molar-refractivity contribution in [2.24, 2.45) is 0 Å². The summed E-state index contributed by atoms with van der Waals surface area (Å²) in [4.78, 5) is 12.3. The third-order valence-corrected chi connectivity index (χ3v) is 6.21. The molecule has 0 aliphatic carbocycles. The van der Waals surface area contributed by atoms with Crippen LogP contribution in [-0.4, -0.2) is 32.8 Å². The number of benzene rings is 2. The molecule has 2 aromatic rings. The standard InChI is InChI=1S/C17H19Cl2N3O3S/c1-11(12-7-8-15(18)16(19)9-12)20-17(23)21-13-5-4-6-14(10-13)26(24,25)22(2)3/h4-11H,1-3H3,(H2,20,21,23)/t11-/m0/s1. The van der Waals surface area contributed by atoms with Crippen LogP contribution < -0.4 is 10.6 Å². The van der Waals surface area contributed by atoms with Crippen molar-refractivity contribution in [2.45, 2.75) is 17.9 Å². The minimum Gasteiger partial charge on any atom is -0.331 e. The van der Waals surface area contributed by atoms with Gasteiger partial charge in [-0.05, 0) is 42.8 Å². The van der Waals surface area contributed by atoms with Crippen LogP contribution in [0.15, 0.2) is 47.4 Å². The first kappa shape index (κ1) is 20.5. The summed E-state index contributed by atoms with van der Waals surface area (Å²) in [6.07, 6.45) is 0. The molecule has 0 fully saturated rings. The summed E-state index contributed by atoms with van der Waals surface area (Å²) in [5.74, 6) is 0. The molecule has 0 heterocycles. The van der Waals surface area contributed by atoms with Gasteiger partial charge in [-0.3, -0.25) is 0 Å². The molecule has 6 nitrogen and oxygen atoms in total. The molecular formula is C17H19Cl2N3O3S. The highest BCUT2D eigenvalue weighted by molar-refractivity contribution is 7.89. The Bertz CT molecular complexity index is 917. The van der Waals surface area contributed by atoms with Crippen molar-refractivity contribution < 1.29 is 13.2 Å². The van der Waals surface area contributed by atoms with E-state index in [1.54, 1.807) is 37.3 Å². The summed E-state index contributed by atoms with van der Waals surface area (Å²) in [5.41, 5.74) is 1.16. The van der Waals surface area contributed by atoms with Gasteiger partial charge >= 0.3 is 6.03 Å². The lowest BCUT2D eigenvalue weighted by atomic mass is 10.1. The van der Waals surface area contributed by atoms with Crippen LogP contribution in [0, 0.1) is 0 Å². The molecule has 0 bridgehead atoms. The van der Waals surface area contributed by atoms with Crippen molar-refractivity contribution in [2.75, 3.05) is 19.4 Å². The number of carbonyl (C=O) groups excluding carboxylic acids is 1. The SMILES string of the molecule is C[C@H](NC(=O)Nc1cccc(S(=O)(=O)N(C)C)c1)c1ccc(Cl)c(Cl)c1. The van der Waals surface area contributed by atoms with Crippen LogP contribution in [0.2, 0.25) is 10.0 Å². The fourth-order valence-corrected chi connectivity index (χ4v) is 3.43. The van der Waals surface area contributed by atoms with Gasteiger partial charge in [-0.15, -0.1) is 0 Å². The van der Waals surface area contributed by atoms with E-state index >= 15 is 0 Å². The molecular weight excluding hydrogens is 397 g/mol.